The Morgan fingerprint density at radius 3 is 2.67 bits per heavy atom. The Hall–Kier alpha value is -1.55. The Bertz CT molecular complexity index is 551. The van der Waals surface area contributed by atoms with Crippen LogP contribution in [0.2, 0.25) is 0 Å². The van der Waals surface area contributed by atoms with Gasteiger partial charge in [0.15, 0.2) is 0 Å². The molecule has 80 valence electrons. The van der Waals surface area contributed by atoms with Crippen molar-refractivity contribution in [1.29, 1.82) is 0 Å². The molecule has 1 heterocycles. The molecule has 1 aromatic heterocycles. The maximum atomic E-state index is 11.8. The molecule has 0 aliphatic rings. The predicted octanol–water partition coefficient (Wildman–Crippen LogP) is 0.378. The maximum absolute atomic E-state index is 11.8. The van der Waals surface area contributed by atoms with Crippen LogP contribution < -0.4 is 11.3 Å². The Morgan fingerprint density at radius 2 is 2.00 bits per heavy atom. The molecular formula is C11H15N3O. The van der Waals surface area contributed by atoms with Crippen molar-refractivity contribution in [3.05, 3.63) is 34.1 Å². The summed E-state index contributed by atoms with van der Waals surface area (Å²) in [5.74, 6) is 0. The van der Waals surface area contributed by atoms with Crippen LogP contribution in [0.15, 0.2) is 23.0 Å². The van der Waals surface area contributed by atoms with E-state index in [2.05, 4.69) is 0 Å². The maximum Gasteiger partial charge on any atom is 0.274 e. The summed E-state index contributed by atoms with van der Waals surface area (Å²) in [6, 6.07) is 5.93. The molecule has 0 amide bonds. The van der Waals surface area contributed by atoms with E-state index >= 15 is 0 Å². The normalized spacial score (nSPS) is 11.1. The number of nitrogens with two attached hydrogens (primary N) is 1. The second-order valence-corrected chi connectivity index (χ2v) is 3.74. The average Bonchev–Trinajstić information content (AvgIpc) is 2.45. The first kappa shape index (κ1) is 9.98. The first-order chi connectivity index (χ1) is 7.15. The van der Waals surface area contributed by atoms with Crippen LogP contribution in [-0.4, -0.2) is 15.9 Å². The van der Waals surface area contributed by atoms with Gasteiger partial charge in [0.25, 0.3) is 5.56 Å². The zero-order chi connectivity index (χ0) is 11.0. The van der Waals surface area contributed by atoms with Crippen molar-refractivity contribution in [2.24, 2.45) is 19.8 Å². The Labute approximate surface area is 87.9 Å². The van der Waals surface area contributed by atoms with Crippen molar-refractivity contribution in [3.8, 4) is 0 Å². The zero-order valence-electron chi connectivity index (χ0n) is 9.03. The van der Waals surface area contributed by atoms with Gasteiger partial charge < -0.3 is 5.73 Å². The fraction of sp³-hybridized carbons (Fsp3) is 0.364. The Kier molecular flexibility index (Phi) is 2.36. The van der Waals surface area contributed by atoms with E-state index in [0.29, 0.717) is 6.54 Å². The summed E-state index contributed by atoms with van der Waals surface area (Å²) in [6.07, 6.45) is 0.813. The lowest BCUT2D eigenvalue weighted by Crippen LogP contribution is -2.16. The molecule has 4 heteroatoms. The van der Waals surface area contributed by atoms with E-state index in [0.717, 1.165) is 22.9 Å². The van der Waals surface area contributed by atoms with Crippen molar-refractivity contribution in [2.45, 2.75) is 6.42 Å². The predicted molar refractivity (Wildman–Crippen MR) is 60.9 cm³/mol. The van der Waals surface area contributed by atoms with Crippen LogP contribution in [0.4, 0.5) is 0 Å². The smallest absolute Gasteiger partial charge is 0.274 e. The minimum atomic E-state index is 0.0476. The number of hydrogen-bond donors (Lipinski definition) is 1. The monoisotopic (exact) mass is 205 g/mol. The number of rotatable bonds is 2. The minimum absolute atomic E-state index is 0.0476. The highest BCUT2D eigenvalue weighted by Crippen LogP contribution is 2.12. The van der Waals surface area contributed by atoms with Crippen LogP contribution in [-0.2, 0) is 20.5 Å². The summed E-state index contributed by atoms with van der Waals surface area (Å²) in [4.78, 5) is 11.8. The summed E-state index contributed by atoms with van der Waals surface area (Å²) < 4.78 is 3.46. The minimum Gasteiger partial charge on any atom is -0.330 e. The molecule has 0 bridgehead atoms. The third kappa shape index (κ3) is 1.47. The second kappa shape index (κ2) is 3.55. The van der Waals surface area contributed by atoms with Crippen LogP contribution in [0.25, 0.3) is 10.9 Å². The summed E-state index contributed by atoms with van der Waals surface area (Å²) >= 11 is 0. The number of nitrogens with zero attached hydrogens (tertiary/aromatic N) is 2. The quantitative estimate of drug-likeness (QED) is 0.770. The van der Waals surface area contributed by atoms with Crippen LogP contribution in [0, 0.1) is 0 Å². The Morgan fingerprint density at radius 1 is 1.27 bits per heavy atom. The van der Waals surface area contributed by atoms with Gasteiger partial charge in [0.05, 0.1) is 10.9 Å². The molecule has 2 N–H and O–H groups in total. The fourth-order valence-electron chi connectivity index (χ4n) is 1.83. The van der Waals surface area contributed by atoms with Gasteiger partial charge >= 0.3 is 0 Å². The van der Waals surface area contributed by atoms with E-state index in [9.17, 15) is 4.79 Å². The molecule has 0 saturated heterocycles. The molecule has 0 aliphatic carbocycles. The largest absolute Gasteiger partial charge is 0.330 e. The molecule has 0 saturated carbocycles. The molecule has 4 nitrogen and oxygen atoms in total. The standard InChI is InChI=1S/C11H15N3O/c1-13-10-4-3-8(5-6-12)7-9(10)11(15)14(13)2/h3-4,7H,5-6,12H2,1-2H3. The number of hydrogen-bond acceptors (Lipinski definition) is 2. The molecular weight excluding hydrogens is 190 g/mol. The number of aromatic nitrogens is 2. The topological polar surface area (TPSA) is 52.9 Å². The first-order valence-electron chi connectivity index (χ1n) is 5.00. The van der Waals surface area contributed by atoms with Crippen LogP contribution >= 0.6 is 0 Å². The van der Waals surface area contributed by atoms with Gasteiger partial charge in [-0.05, 0) is 30.7 Å². The molecule has 0 fully saturated rings. The van der Waals surface area contributed by atoms with E-state index in [1.54, 1.807) is 11.7 Å². The fourth-order valence-corrected chi connectivity index (χ4v) is 1.83. The van der Waals surface area contributed by atoms with Gasteiger partial charge in [0.1, 0.15) is 0 Å². The lowest BCUT2D eigenvalue weighted by Gasteiger charge is -2.00. The molecule has 2 aromatic rings. The molecule has 0 atom stereocenters. The molecule has 0 aliphatic heterocycles. The van der Waals surface area contributed by atoms with Gasteiger partial charge in [0.2, 0.25) is 0 Å². The SMILES string of the molecule is Cn1c(=O)c2cc(CCN)ccc2n1C. The van der Waals surface area contributed by atoms with Crippen molar-refractivity contribution >= 4 is 10.9 Å². The third-order valence-electron chi connectivity index (χ3n) is 2.82. The van der Waals surface area contributed by atoms with Crippen molar-refractivity contribution in [3.63, 3.8) is 0 Å². The first-order valence-corrected chi connectivity index (χ1v) is 5.00. The van der Waals surface area contributed by atoms with Crippen LogP contribution in [0.3, 0.4) is 0 Å². The third-order valence-corrected chi connectivity index (χ3v) is 2.82. The van der Waals surface area contributed by atoms with Crippen LogP contribution in [0.1, 0.15) is 5.56 Å². The van der Waals surface area contributed by atoms with E-state index in [1.165, 1.54) is 0 Å². The Balaban J connectivity index is 2.72. The van der Waals surface area contributed by atoms with Gasteiger partial charge in [-0.1, -0.05) is 6.07 Å². The summed E-state index contributed by atoms with van der Waals surface area (Å²) in [7, 11) is 3.65. The van der Waals surface area contributed by atoms with Gasteiger partial charge in [-0.2, -0.15) is 0 Å². The summed E-state index contributed by atoms with van der Waals surface area (Å²) in [6.45, 7) is 0.610. The number of benzene rings is 1. The molecule has 2 rings (SSSR count). The lowest BCUT2D eigenvalue weighted by atomic mass is 10.1. The van der Waals surface area contributed by atoms with E-state index < -0.39 is 0 Å². The highest BCUT2D eigenvalue weighted by Gasteiger charge is 2.07. The summed E-state index contributed by atoms with van der Waals surface area (Å²) in [5, 5.41) is 0.769. The average molecular weight is 205 g/mol. The van der Waals surface area contributed by atoms with Gasteiger partial charge in [-0.3, -0.25) is 14.2 Å². The number of aryl methyl sites for hydroxylation is 1. The highest BCUT2D eigenvalue weighted by atomic mass is 16.1. The highest BCUT2D eigenvalue weighted by molar-refractivity contribution is 5.79. The lowest BCUT2D eigenvalue weighted by molar-refractivity contribution is 0.595. The molecule has 0 radical (unpaired) electrons. The van der Waals surface area contributed by atoms with E-state index in [4.69, 9.17) is 5.73 Å². The van der Waals surface area contributed by atoms with Gasteiger partial charge in [-0.25, -0.2) is 0 Å². The molecule has 1 aromatic carbocycles. The summed E-state index contributed by atoms with van der Waals surface area (Å²) in [5.41, 5.74) is 7.62. The second-order valence-electron chi connectivity index (χ2n) is 3.74. The molecule has 0 unspecified atom stereocenters. The molecule has 15 heavy (non-hydrogen) atoms. The zero-order valence-corrected chi connectivity index (χ0v) is 9.03. The van der Waals surface area contributed by atoms with E-state index in [1.807, 2.05) is 29.9 Å². The van der Waals surface area contributed by atoms with Crippen molar-refractivity contribution in [2.75, 3.05) is 6.54 Å². The van der Waals surface area contributed by atoms with Gasteiger partial charge in [0, 0.05) is 14.1 Å². The van der Waals surface area contributed by atoms with Crippen molar-refractivity contribution in [1.82, 2.24) is 9.36 Å². The molecule has 0 spiro atoms. The van der Waals surface area contributed by atoms with Crippen LogP contribution in [0.5, 0.6) is 0 Å². The number of fused-ring (bicyclic) bond motifs is 1. The van der Waals surface area contributed by atoms with E-state index in [-0.39, 0.29) is 5.56 Å². The van der Waals surface area contributed by atoms with Crippen molar-refractivity contribution < 1.29 is 0 Å². The van der Waals surface area contributed by atoms with Gasteiger partial charge in [-0.15, -0.1) is 0 Å².